The maximum atomic E-state index is 5.35. The third-order valence-corrected chi connectivity index (χ3v) is 3.50. The van der Waals surface area contributed by atoms with Gasteiger partial charge < -0.3 is 10.1 Å². The molecular weight excluding hydrogens is 238 g/mol. The van der Waals surface area contributed by atoms with Gasteiger partial charge in [-0.2, -0.15) is 0 Å². The first-order valence-corrected chi connectivity index (χ1v) is 6.81. The molecule has 4 nitrogen and oxygen atoms in total. The normalized spacial score (nSPS) is 16.6. The summed E-state index contributed by atoms with van der Waals surface area (Å²) < 4.78 is 5.35. The summed E-state index contributed by atoms with van der Waals surface area (Å²) >= 11 is 0. The third kappa shape index (κ3) is 3.03. The Bertz CT molecular complexity index is 532. The number of fused-ring (bicyclic) bond motifs is 1. The predicted molar refractivity (Wildman–Crippen MR) is 77.5 cm³/mol. The van der Waals surface area contributed by atoms with Gasteiger partial charge in [-0.1, -0.05) is 24.3 Å². The van der Waals surface area contributed by atoms with E-state index in [0.29, 0.717) is 0 Å². The Morgan fingerprint density at radius 3 is 2.89 bits per heavy atom. The Labute approximate surface area is 113 Å². The van der Waals surface area contributed by atoms with Crippen LogP contribution in [0.5, 0.6) is 0 Å². The summed E-state index contributed by atoms with van der Waals surface area (Å²) in [6.45, 7) is 5.73. The van der Waals surface area contributed by atoms with Crippen molar-refractivity contribution in [3.8, 4) is 0 Å². The first kappa shape index (κ1) is 12.4. The number of anilines is 1. The number of hydrogen-bond donors (Lipinski definition) is 1. The monoisotopic (exact) mass is 257 g/mol. The predicted octanol–water partition coefficient (Wildman–Crippen LogP) is 1.98. The maximum absolute atomic E-state index is 5.35. The lowest BCUT2D eigenvalue weighted by atomic mass is 10.1. The van der Waals surface area contributed by atoms with Gasteiger partial charge in [0, 0.05) is 37.8 Å². The molecule has 1 N–H and O–H groups in total. The fraction of sp³-hybridized carbons (Fsp3) is 0.400. The number of pyridine rings is 1. The van der Waals surface area contributed by atoms with Gasteiger partial charge >= 0.3 is 0 Å². The first-order chi connectivity index (χ1) is 9.43. The molecule has 100 valence electrons. The van der Waals surface area contributed by atoms with Crippen LogP contribution in [0.1, 0.15) is 0 Å². The van der Waals surface area contributed by atoms with Crippen molar-refractivity contribution in [3.63, 3.8) is 0 Å². The van der Waals surface area contributed by atoms with E-state index in [9.17, 15) is 0 Å². The van der Waals surface area contributed by atoms with Crippen molar-refractivity contribution in [1.82, 2.24) is 9.88 Å². The van der Waals surface area contributed by atoms with Gasteiger partial charge in [0.25, 0.3) is 0 Å². The average molecular weight is 257 g/mol. The SMILES string of the molecule is c1ccc2c(NCCN3CCOCC3)nccc2c1. The van der Waals surface area contributed by atoms with Crippen LogP contribution in [-0.2, 0) is 4.74 Å². The third-order valence-electron chi connectivity index (χ3n) is 3.50. The zero-order chi connectivity index (χ0) is 12.9. The second-order valence-electron chi connectivity index (χ2n) is 4.76. The van der Waals surface area contributed by atoms with Crippen molar-refractivity contribution < 1.29 is 4.74 Å². The second-order valence-corrected chi connectivity index (χ2v) is 4.76. The quantitative estimate of drug-likeness (QED) is 0.909. The van der Waals surface area contributed by atoms with Gasteiger partial charge in [0.15, 0.2) is 0 Å². The van der Waals surface area contributed by atoms with Crippen LogP contribution in [0, 0.1) is 0 Å². The molecule has 0 aliphatic carbocycles. The standard InChI is InChI=1S/C15H19N3O/c1-2-4-14-13(3-1)5-6-16-15(14)17-7-8-18-9-11-19-12-10-18/h1-6H,7-12H2,(H,16,17). The molecule has 0 bridgehead atoms. The molecule has 1 fully saturated rings. The fourth-order valence-electron chi connectivity index (χ4n) is 2.42. The van der Waals surface area contributed by atoms with Gasteiger partial charge in [-0.05, 0) is 11.5 Å². The van der Waals surface area contributed by atoms with Crippen LogP contribution in [0.3, 0.4) is 0 Å². The van der Waals surface area contributed by atoms with Crippen molar-refractivity contribution in [2.24, 2.45) is 0 Å². The van der Waals surface area contributed by atoms with E-state index < -0.39 is 0 Å². The number of hydrogen-bond acceptors (Lipinski definition) is 4. The molecule has 1 aromatic carbocycles. The number of rotatable bonds is 4. The maximum Gasteiger partial charge on any atom is 0.133 e. The van der Waals surface area contributed by atoms with E-state index in [1.807, 2.05) is 12.3 Å². The lowest BCUT2D eigenvalue weighted by molar-refractivity contribution is 0.0398. The fourth-order valence-corrected chi connectivity index (χ4v) is 2.42. The van der Waals surface area contributed by atoms with Gasteiger partial charge in [0.1, 0.15) is 5.82 Å². The van der Waals surface area contributed by atoms with Gasteiger partial charge in [-0.25, -0.2) is 4.98 Å². The summed E-state index contributed by atoms with van der Waals surface area (Å²) in [5.74, 6) is 0.978. The Morgan fingerprint density at radius 2 is 2.00 bits per heavy atom. The Morgan fingerprint density at radius 1 is 1.16 bits per heavy atom. The summed E-state index contributed by atoms with van der Waals surface area (Å²) in [6.07, 6.45) is 1.86. The summed E-state index contributed by atoms with van der Waals surface area (Å²) in [6, 6.07) is 10.4. The highest BCUT2D eigenvalue weighted by atomic mass is 16.5. The van der Waals surface area contributed by atoms with Crippen LogP contribution in [0.4, 0.5) is 5.82 Å². The van der Waals surface area contributed by atoms with Crippen LogP contribution in [0.15, 0.2) is 36.5 Å². The molecule has 0 amide bonds. The Balaban J connectivity index is 1.62. The van der Waals surface area contributed by atoms with Crippen LogP contribution in [-0.4, -0.2) is 49.3 Å². The summed E-state index contributed by atoms with van der Waals surface area (Å²) in [5.41, 5.74) is 0. The van der Waals surface area contributed by atoms with Gasteiger partial charge in [0.05, 0.1) is 13.2 Å². The highest BCUT2D eigenvalue weighted by molar-refractivity contribution is 5.91. The van der Waals surface area contributed by atoms with Crippen molar-refractivity contribution in [3.05, 3.63) is 36.5 Å². The number of morpholine rings is 1. The van der Waals surface area contributed by atoms with Crippen LogP contribution < -0.4 is 5.32 Å². The zero-order valence-electron chi connectivity index (χ0n) is 11.0. The van der Waals surface area contributed by atoms with Crippen molar-refractivity contribution in [2.45, 2.75) is 0 Å². The molecule has 1 aliphatic heterocycles. The molecule has 19 heavy (non-hydrogen) atoms. The van der Waals surface area contributed by atoms with Crippen molar-refractivity contribution >= 4 is 16.6 Å². The number of aromatic nitrogens is 1. The average Bonchev–Trinajstić information content (AvgIpc) is 2.49. The molecule has 2 aromatic rings. The molecule has 1 saturated heterocycles. The van der Waals surface area contributed by atoms with Crippen LogP contribution >= 0.6 is 0 Å². The molecule has 1 aromatic heterocycles. The van der Waals surface area contributed by atoms with E-state index in [1.165, 1.54) is 10.8 Å². The summed E-state index contributed by atoms with van der Waals surface area (Å²) in [4.78, 5) is 6.85. The topological polar surface area (TPSA) is 37.4 Å². The molecule has 0 saturated carbocycles. The molecule has 2 heterocycles. The Kier molecular flexibility index (Phi) is 3.91. The lowest BCUT2D eigenvalue weighted by Crippen LogP contribution is -2.39. The molecule has 4 heteroatoms. The van der Waals surface area contributed by atoms with E-state index in [4.69, 9.17) is 4.74 Å². The largest absolute Gasteiger partial charge is 0.379 e. The van der Waals surface area contributed by atoms with Gasteiger partial charge in [-0.3, -0.25) is 4.90 Å². The van der Waals surface area contributed by atoms with E-state index in [2.05, 4.69) is 39.5 Å². The lowest BCUT2D eigenvalue weighted by Gasteiger charge is -2.26. The number of nitrogens with one attached hydrogen (secondary N) is 1. The van der Waals surface area contributed by atoms with Gasteiger partial charge in [-0.15, -0.1) is 0 Å². The molecular formula is C15H19N3O. The summed E-state index contributed by atoms with van der Waals surface area (Å²) in [7, 11) is 0. The number of ether oxygens (including phenoxy) is 1. The second kappa shape index (κ2) is 5.99. The highest BCUT2D eigenvalue weighted by Crippen LogP contribution is 2.19. The van der Waals surface area contributed by atoms with Gasteiger partial charge in [0.2, 0.25) is 0 Å². The number of benzene rings is 1. The van der Waals surface area contributed by atoms with E-state index >= 15 is 0 Å². The molecule has 0 atom stereocenters. The molecule has 0 radical (unpaired) electrons. The smallest absolute Gasteiger partial charge is 0.133 e. The Hall–Kier alpha value is -1.65. The zero-order valence-corrected chi connectivity index (χ0v) is 11.0. The van der Waals surface area contributed by atoms with Crippen molar-refractivity contribution in [2.75, 3.05) is 44.7 Å². The van der Waals surface area contributed by atoms with Crippen molar-refractivity contribution in [1.29, 1.82) is 0 Å². The number of nitrogens with zero attached hydrogens (tertiary/aromatic N) is 2. The van der Waals surface area contributed by atoms with Crippen LogP contribution in [0.25, 0.3) is 10.8 Å². The molecule has 0 unspecified atom stereocenters. The minimum Gasteiger partial charge on any atom is -0.379 e. The minimum atomic E-state index is 0.854. The van der Waals surface area contributed by atoms with Crippen LogP contribution in [0.2, 0.25) is 0 Å². The highest BCUT2D eigenvalue weighted by Gasteiger charge is 2.09. The van der Waals surface area contributed by atoms with E-state index in [0.717, 1.165) is 45.2 Å². The minimum absolute atomic E-state index is 0.854. The summed E-state index contributed by atoms with van der Waals surface area (Å²) in [5, 5.41) is 5.86. The molecule has 1 aliphatic rings. The first-order valence-electron chi connectivity index (χ1n) is 6.81. The van der Waals surface area contributed by atoms with E-state index in [1.54, 1.807) is 0 Å². The van der Waals surface area contributed by atoms with E-state index in [-0.39, 0.29) is 0 Å². The molecule has 0 spiro atoms. The molecule has 3 rings (SSSR count).